The average Bonchev–Trinajstić information content (AvgIpc) is 3.39. The number of nitrogens with one attached hydrogen (secondary N) is 1. The maximum Gasteiger partial charge on any atom is 0.332 e. The third-order valence-electron chi connectivity index (χ3n) is 4.94. The molecule has 1 aromatic carbocycles. The summed E-state index contributed by atoms with van der Waals surface area (Å²) in [6.45, 7) is 3.78. The Balaban J connectivity index is 2.07. The van der Waals surface area contributed by atoms with Gasteiger partial charge in [0.05, 0.1) is 27.1 Å². The number of ketones is 1. The molecule has 0 fully saturated rings. The summed E-state index contributed by atoms with van der Waals surface area (Å²) in [5.74, 6) is -1.56. The first-order chi connectivity index (χ1) is 14.5. The van der Waals surface area contributed by atoms with Crippen LogP contribution in [0.1, 0.15) is 70.6 Å². The molecule has 2 aromatic heterocycles. The molecule has 1 N–H and O–H groups in total. The average molecular weight is 424 g/mol. The molecule has 30 heavy (non-hydrogen) atoms. The highest BCUT2D eigenvalue weighted by molar-refractivity contribution is 7.13. The van der Waals surface area contributed by atoms with Crippen molar-refractivity contribution in [2.75, 3.05) is 0 Å². The van der Waals surface area contributed by atoms with Crippen LogP contribution in [0.2, 0.25) is 0 Å². The van der Waals surface area contributed by atoms with E-state index in [0.29, 0.717) is 41.4 Å². The second-order valence-electron chi connectivity index (χ2n) is 7.08. The van der Waals surface area contributed by atoms with Crippen LogP contribution >= 0.6 is 11.3 Å². The summed E-state index contributed by atoms with van der Waals surface area (Å²) < 4.78 is 1.35. The predicted octanol–water partition coefficient (Wildman–Crippen LogP) is 3.99. The van der Waals surface area contributed by atoms with Gasteiger partial charge in [-0.25, -0.2) is 4.79 Å². The number of hydrogen-bond acceptors (Lipinski definition) is 6. The predicted molar refractivity (Wildman–Crippen MR) is 113 cm³/mol. The zero-order valence-electron chi connectivity index (χ0n) is 16.6. The third-order valence-corrected chi connectivity index (χ3v) is 5.81. The lowest BCUT2D eigenvalue weighted by Crippen LogP contribution is -2.21. The van der Waals surface area contributed by atoms with Crippen molar-refractivity contribution in [3.8, 4) is 10.6 Å². The molecular weight excluding hydrogens is 404 g/mol. The number of Topliss-reactive ketones (excluding diaryl/α,β-unsaturated/α-hetero) is 1. The molecule has 1 aliphatic heterocycles. The van der Waals surface area contributed by atoms with Gasteiger partial charge in [-0.3, -0.25) is 19.7 Å². The molecular formula is C22H20N2O5S. The van der Waals surface area contributed by atoms with Crippen LogP contribution in [0.25, 0.3) is 21.5 Å². The lowest BCUT2D eigenvalue weighted by molar-refractivity contribution is -0.143. The Kier molecular flexibility index (Phi) is 5.26. The SMILES string of the molecule is CCCC(=O)On1c(-c2cccs2)c(C(=O)CCC)c2cc3c(cc21)C(=O)NC3=O. The van der Waals surface area contributed by atoms with Gasteiger partial charge in [-0.2, -0.15) is 4.73 Å². The summed E-state index contributed by atoms with van der Waals surface area (Å²) in [6.07, 6.45) is 1.78. The summed E-state index contributed by atoms with van der Waals surface area (Å²) in [5, 5.41) is 4.63. The Labute approximate surface area is 176 Å². The molecule has 3 heterocycles. The van der Waals surface area contributed by atoms with Crippen molar-refractivity contribution < 1.29 is 24.0 Å². The van der Waals surface area contributed by atoms with Crippen LogP contribution in [-0.2, 0) is 4.79 Å². The van der Waals surface area contributed by atoms with Gasteiger partial charge in [-0.05, 0) is 36.4 Å². The first-order valence-corrected chi connectivity index (χ1v) is 10.7. The van der Waals surface area contributed by atoms with Crippen molar-refractivity contribution in [1.82, 2.24) is 10.0 Å². The van der Waals surface area contributed by atoms with Crippen molar-refractivity contribution in [2.45, 2.75) is 39.5 Å². The molecule has 0 saturated heterocycles. The molecule has 2 amide bonds. The number of aromatic nitrogens is 1. The lowest BCUT2D eigenvalue weighted by atomic mass is 9.99. The number of carbonyl (C=O) groups excluding carboxylic acids is 4. The van der Waals surface area contributed by atoms with Crippen molar-refractivity contribution in [3.05, 3.63) is 46.3 Å². The van der Waals surface area contributed by atoms with Gasteiger partial charge < -0.3 is 4.84 Å². The van der Waals surface area contributed by atoms with Crippen LogP contribution in [0, 0.1) is 0 Å². The van der Waals surface area contributed by atoms with E-state index in [1.54, 1.807) is 6.07 Å². The zero-order valence-corrected chi connectivity index (χ0v) is 17.4. The van der Waals surface area contributed by atoms with Crippen LogP contribution in [0.5, 0.6) is 0 Å². The first kappa shape index (κ1) is 20.0. The molecule has 0 atom stereocenters. The van der Waals surface area contributed by atoms with Crippen LogP contribution < -0.4 is 10.2 Å². The molecule has 0 unspecified atom stereocenters. The number of amides is 2. The largest absolute Gasteiger partial charge is 0.336 e. The fourth-order valence-corrected chi connectivity index (χ4v) is 4.39. The van der Waals surface area contributed by atoms with E-state index < -0.39 is 17.8 Å². The van der Waals surface area contributed by atoms with Crippen molar-refractivity contribution in [3.63, 3.8) is 0 Å². The van der Waals surface area contributed by atoms with Gasteiger partial charge in [-0.15, -0.1) is 11.3 Å². The molecule has 0 spiro atoms. The Morgan fingerprint density at radius 3 is 2.40 bits per heavy atom. The van der Waals surface area contributed by atoms with E-state index in [0.717, 1.165) is 4.88 Å². The number of carbonyl (C=O) groups is 4. The Hall–Kier alpha value is -3.26. The van der Waals surface area contributed by atoms with Gasteiger partial charge in [0, 0.05) is 18.2 Å². The highest BCUT2D eigenvalue weighted by Crippen LogP contribution is 2.38. The topological polar surface area (TPSA) is 94.5 Å². The molecule has 4 rings (SSSR count). The van der Waals surface area contributed by atoms with E-state index in [1.165, 1.54) is 22.1 Å². The number of nitrogens with zero attached hydrogens (tertiary/aromatic N) is 1. The van der Waals surface area contributed by atoms with Gasteiger partial charge in [0.25, 0.3) is 11.8 Å². The highest BCUT2D eigenvalue weighted by atomic mass is 32.1. The van der Waals surface area contributed by atoms with Gasteiger partial charge in [-0.1, -0.05) is 19.9 Å². The van der Waals surface area contributed by atoms with Gasteiger partial charge in [0.1, 0.15) is 5.69 Å². The van der Waals surface area contributed by atoms with Crippen molar-refractivity contribution >= 4 is 45.8 Å². The third kappa shape index (κ3) is 3.23. The molecule has 154 valence electrons. The fraction of sp³-hybridized carbons (Fsp3) is 0.273. The molecule has 1 aliphatic rings. The number of rotatable bonds is 7. The van der Waals surface area contributed by atoms with E-state index in [1.807, 2.05) is 31.4 Å². The van der Waals surface area contributed by atoms with Crippen LogP contribution in [0.15, 0.2) is 29.6 Å². The quantitative estimate of drug-likeness (QED) is 0.457. The maximum atomic E-state index is 13.1. The Morgan fingerprint density at radius 2 is 1.77 bits per heavy atom. The molecule has 0 aliphatic carbocycles. The normalized spacial score (nSPS) is 12.9. The lowest BCUT2D eigenvalue weighted by Gasteiger charge is -2.10. The van der Waals surface area contributed by atoms with Gasteiger partial charge >= 0.3 is 5.97 Å². The molecule has 0 bridgehead atoms. The first-order valence-electron chi connectivity index (χ1n) is 9.82. The smallest absolute Gasteiger partial charge is 0.332 e. The van der Waals surface area contributed by atoms with E-state index in [9.17, 15) is 19.2 Å². The minimum atomic E-state index is -0.511. The Morgan fingerprint density at radius 1 is 1.07 bits per heavy atom. The van der Waals surface area contributed by atoms with Gasteiger partial charge in [0.2, 0.25) is 0 Å². The van der Waals surface area contributed by atoms with Crippen molar-refractivity contribution in [1.29, 1.82) is 0 Å². The van der Waals surface area contributed by atoms with E-state index in [-0.39, 0.29) is 23.3 Å². The summed E-state index contributed by atoms with van der Waals surface area (Å²) >= 11 is 1.41. The molecule has 0 saturated carbocycles. The second-order valence-corrected chi connectivity index (χ2v) is 8.03. The van der Waals surface area contributed by atoms with Crippen LogP contribution in [0.3, 0.4) is 0 Å². The fourth-order valence-electron chi connectivity index (χ4n) is 3.64. The molecule has 8 heteroatoms. The minimum Gasteiger partial charge on any atom is -0.336 e. The zero-order chi connectivity index (χ0) is 21.4. The number of hydrogen-bond donors (Lipinski definition) is 1. The Bertz CT molecular complexity index is 1190. The second kappa shape index (κ2) is 7.87. The van der Waals surface area contributed by atoms with Gasteiger partial charge in [0.15, 0.2) is 5.78 Å². The molecule has 7 nitrogen and oxygen atoms in total. The summed E-state index contributed by atoms with van der Waals surface area (Å²) in [7, 11) is 0. The van der Waals surface area contributed by atoms with Crippen molar-refractivity contribution in [2.24, 2.45) is 0 Å². The van der Waals surface area contributed by atoms with E-state index in [2.05, 4.69) is 5.32 Å². The van der Waals surface area contributed by atoms with E-state index in [4.69, 9.17) is 4.84 Å². The molecule has 3 aromatic rings. The highest BCUT2D eigenvalue weighted by Gasteiger charge is 2.32. The number of thiophene rings is 1. The number of benzene rings is 1. The number of imide groups is 1. The maximum absolute atomic E-state index is 13.1. The molecule has 0 radical (unpaired) electrons. The van der Waals surface area contributed by atoms with Crippen LogP contribution in [0.4, 0.5) is 0 Å². The number of fused-ring (bicyclic) bond motifs is 2. The summed E-state index contributed by atoms with van der Waals surface area (Å²) in [5.41, 5.74) is 1.69. The summed E-state index contributed by atoms with van der Waals surface area (Å²) in [4.78, 5) is 56.3. The van der Waals surface area contributed by atoms with E-state index >= 15 is 0 Å². The van der Waals surface area contributed by atoms with Crippen LogP contribution in [-0.4, -0.2) is 28.3 Å². The monoisotopic (exact) mass is 424 g/mol. The minimum absolute atomic E-state index is 0.110. The standard InChI is InChI=1S/C22H20N2O5S/c1-3-6-16(25)19-14-10-12-13(22(28)23-21(12)27)11-15(14)24(29-18(26)7-4-2)20(19)17-8-5-9-30-17/h5,8-11H,3-4,6-7H2,1-2H3,(H,23,27,28). The summed E-state index contributed by atoms with van der Waals surface area (Å²) in [6, 6.07) is 6.76.